The number of aromatic nitrogens is 3. The number of amides is 1. The Morgan fingerprint density at radius 2 is 2.07 bits per heavy atom. The number of thiazole rings is 1. The highest BCUT2D eigenvalue weighted by atomic mass is 35.5. The monoisotopic (exact) mass is 428 g/mol. The molecule has 0 N–H and O–H groups in total. The summed E-state index contributed by atoms with van der Waals surface area (Å²) in [5.41, 5.74) is 1.39. The molecule has 4 aromatic rings. The average Bonchev–Trinajstić information content (AvgIpc) is 3.38. The molecule has 1 amide bonds. The van der Waals surface area contributed by atoms with Crippen molar-refractivity contribution in [3.8, 4) is 0 Å². The lowest BCUT2D eigenvalue weighted by Crippen LogP contribution is -2.34. The molecule has 0 fully saturated rings. The van der Waals surface area contributed by atoms with Crippen molar-refractivity contribution in [1.29, 1.82) is 0 Å². The number of hydrogen-bond acceptors (Lipinski definition) is 5. The first-order valence-electron chi connectivity index (χ1n) is 8.65. The lowest BCUT2D eigenvalue weighted by molar-refractivity contribution is 0.0983. The molecule has 5 nitrogen and oxygen atoms in total. The topological polar surface area (TPSA) is 51.0 Å². The van der Waals surface area contributed by atoms with Crippen molar-refractivity contribution in [1.82, 2.24) is 14.8 Å². The molecule has 2 aromatic heterocycles. The number of fused-ring (bicyclic) bond motifs is 1. The highest BCUT2D eigenvalue weighted by Gasteiger charge is 2.23. The molecular weight excluding hydrogens is 412 g/mol. The Kier molecular flexibility index (Phi) is 5.66. The van der Waals surface area contributed by atoms with Crippen LogP contribution in [-0.4, -0.2) is 33.5 Å². The number of carbonyl (C=O) groups excluding carboxylic acids is 1. The van der Waals surface area contributed by atoms with E-state index in [-0.39, 0.29) is 5.91 Å². The molecule has 4 rings (SSSR count). The van der Waals surface area contributed by atoms with Crippen LogP contribution in [0.3, 0.4) is 0 Å². The van der Waals surface area contributed by atoms with Crippen molar-refractivity contribution in [3.63, 3.8) is 0 Å². The molecule has 0 radical (unpaired) electrons. The number of thioether (sulfide) groups is 1. The lowest BCUT2D eigenvalue weighted by atomic mass is 10.2. The fourth-order valence-corrected chi connectivity index (χ4v) is 4.78. The SMILES string of the molecule is CSc1ccccc1C(=O)N(CCn1cccn1)c1nc2c(Cl)cccc2s1. The molecule has 2 heterocycles. The molecule has 0 unspecified atom stereocenters. The molecule has 28 heavy (non-hydrogen) atoms. The molecule has 0 saturated heterocycles. The maximum atomic E-state index is 13.5. The van der Waals surface area contributed by atoms with Crippen LogP contribution in [0.2, 0.25) is 5.02 Å². The van der Waals surface area contributed by atoms with Gasteiger partial charge in [0.2, 0.25) is 0 Å². The predicted molar refractivity (Wildman–Crippen MR) is 117 cm³/mol. The Morgan fingerprint density at radius 1 is 1.21 bits per heavy atom. The quantitative estimate of drug-likeness (QED) is 0.395. The highest BCUT2D eigenvalue weighted by Crippen LogP contribution is 2.34. The summed E-state index contributed by atoms with van der Waals surface area (Å²) in [6.45, 7) is 1.03. The summed E-state index contributed by atoms with van der Waals surface area (Å²) in [4.78, 5) is 20.8. The van der Waals surface area contributed by atoms with E-state index in [9.17, 15) is 4.79 Å². The van der Waals surface area contributed by atoms with Gasteiger partial charge in [0.25, 0.3) is 5.91 Å². The number of rotatable bonds is 6. The van der Waals surface area contributed by atoms with Gasteiger partial charge in [-0.3, -0.25) is 14.4 Å². The first-order valence-corrected chi connectivity index (χ1v) is 11.1. The molecule has 0 spiro atoms. The second-order valence-electron chi connectivity index (χ2n) is 6.01. The number of hydrogen-bond donors (Lipinski definition) is 0. The average molecular weight is 429 g/mol. The fourth-order valence-electron chi connectivity index (χ4n) is 2.90. The summed E-state index contributed by atoms with van der Waals surface area (Å²) in [7, 11) is 0. The zero-order valence-corrected chi connectivity index (χ0v) is 17.5. The Bertz CT molecular complexity index is 1110. The maximum Gasteiger partial charge on any atom is 0.261 e. The fraction of sp³-hybridized carbons (Fsp3) is 0.150. The third-order valence-corrected chi connectivity index (χ3v) is 6.43. The standard InChI is InChI=1S/C20H17ClN4OS2/c1-27-16-8-3-2-6-14(16)19(26)25(13-12-24-11-5-10-22-24)20-23-18-15(21)7-4-9-17(18)28-20/h2-11H,12-13H2,1H3. The van der Waals surface area contributed by atoms with Crippen molar-refractivity contribution >= 4 is 56.0 Å². The summed E-state index contributed by atoms with van der Waals surface area (Å²) in [5, 5.41) is 5.46. The first-order chi connectivity index (χ1) is 13.7. The van der Waals surface area contributed by atoms with Crippen LogP contribution in [-0.2, 0) is 6.54 Å². The van der Waals surface area contributed by atoms with Crippen molar-refractivity contribution < 1.29 is 4.79 Å². The largest absolute Gasteiger partial charge is 0.282 e. The van der Waals surface area contributed by atoms with Crippen molar-refractivity contribution in [2.45, 2.75) is 11.4 Å². The Morgan fingerprint density at radius 3 is 2.82 bits per heavy atom. The van der Waals surface area contributed by atoms with Gasteiger partial charge in [0.05, 0.1) is 21.8 Å². The summed E-state index contributed by atoms with van der Waals surface area (Å²) < 4.78 is 2.76. The molecule has 2 aromatic carbocycles. The van der Waals surface area contributed by atoms with Crippen LogP contribution in [0.1, 0.15) is 10.4 Å². The summed E-state index contributed by atoms with van der Waals surface area (Å²) in [6, 6.07) is 15.2. The highest BCUT2D eigenvalue weighted by molar-refractivity contribution is 7.98. The van der Waals surface area contributed by atoms with E-state index in [0.717, 1.165) is 15.1 Å². The Labute approximate surface area is 176 Å². The molecule has 0 atom stereocenters. The van der Waals surface area contributed by atoms with Crippen LogP contribution in [0.5, 0.6) is 0 Å². The van der Waals surface area contributed by atoms with Gasteiger partial charge in [-0.2, -0.15) is 5.10 Å². The van der Waals surface area contributed by atoms with Gasteiger partial charge in [0, 0.05) is 23.8 Å². The van der Waals surface area contributed by atoms with Gasteiger partial charge in [-0.1, -0.05) is 41.1 Å². The van der Waals surface area contributed by atoms with Gasteiger partial charge in [-0.05, 0) is 36.6 Å². The molecule has 0 saturated carbocycles. The first kappa shape index (κ1) is 19.0. The van der Waals surface area contributed by atoms with Crippen molar-refractivity contribution in [3.05, 3.63) is 71.5 Å². The van der Waals surface area contributed by atoms with E-state index < -0.39 is 0 Å². The second kappa shape index (κ2) is 8.34. The van der Waals surface area contributed by atoms with Crippen LogP contribution in [0.15, 0.2) is 65.8 Å². The Hall–Kier alpha value is -2.35. The second-order valence-corrected chi connectivity index (χ2v) is 8.27. The number of halogens is 1. The third-order valence-electron chi connectivity index (χ3n) is 4.28. The third kappa shape index (κ3) is 3.78. The zero-order valence-electron chi connectivity index (χ0n) is 15.1. The van der Waals surface area contributed by atoms with Gasteiger partial charge in [-0.15, -0.1) is 11.8 Å². The van der Waals surface area contributed by atoms with E-state index >= 15 is 0 Å². The molecule has 142 valence electrons. The molecule has 0 bridgehead atoms. The predicted octanol–water partition coefficient (Wildman–Crippen LogP) is 5.22. The van der Waals surface area contributed by atoms with E-state index in [2.05, 4.69) is 10.1 Å². The van der Waals surface area contributed by atoms with Crippen LogP contribution in [0.4, 0.5) is 5.13 Å². The van der Waals surface area contributed by atoms with Crippen molar-refractivity contribution in [2.75, 3.05) is 17.7 Å². The van der Waals surface area contributed by atoms with Crippen LogP contribution >= 0.6 is 34.7 Å². The van der Waals surface area contributed by atoms with Crippen LogP contribution in [0.25, 0.3) is 10.2 Å². The van der Waals surface area contributed by atoms with E-state index in [0.29, 0.717) is 28.8 Å². The van der Waals surface area contributed by atoms with Gasteiger partial charge < -0.3 is 0 Å². The summed E-state index contributed by atoms with van der Waals surface area (Å²) in [6.07, 6.45) is 5.58. The molecule has 0 aliphatic carbocycles. The minimum absolute atomic E-state index is 0.0766. The minimum atomic E-state index is -0.0766. The molecule has 0 aliphatic rings. The number of nitrogens with zero attached hydrogens (tertiary/aromatic N) is 4. The van der Waals surface area contributed by atoms with E-state index in [1.54, 1.807) is 27.5 Å². The van der Waals surface area contributed by atoms with Gasteiger partial charge >= 0.3 is 0 Å². The van der Waals surface area contributed by atoms with Gasteiger partial charge in [-0.25, -0.2) is 4.98 Å². The number of benzene rings is 2. The smallest absolute Gasteiger partial charge is 0.261 e. The maximum absolute atomic E-state index is 13.5. The van der Waals surface area contributed by atoms with E-state index in [1.807, 2.05) is 61.0 Å². The van der Waals surface area contributed by atoms with Crippen molar-refractivity contribution in [2.24, 2.45) is 0 Å². The minimum Gasteiger partial charge on any atom is -0.282 e. The summed E-state index contributed by atoms with van der Waals surface area (Å²) >= 11 is 9.32. The Balaban J connectivity index is 1.74. The summed E-state index contributed by atoms with van der Waals surface area (Å²) in [5.74, 6) is -0.0766. The number of anilines is 1. The normalized spacial score (nSPS) is 11.1. The molecule has 0 aliphatic heterocycles. The molecular formula is C20H17ClN4OS2. The van der Waals surface area contributed by atoms with E-state index in [4.69, 9.17) is 11.6 Å². The lowest BCUT2D eigenvalue weighted by Gasteiger charge is -2.21. The zero-order chi connectivity index (χ0) is 19.5. The number of para-hydroxylation sites is 1. The molecule has 8 heteroatoms. The number of carbonyl (C=O) groups is 1. The van der Waals surface area contributed by atoms with Gasteiger partial charge in [0.1, 0.15) is 5.52 Å². The van der Waals surface area contributed by atoms with Crippen LogP contribution < -0.4 is 4.90 Å². The van der Waals surface area contributed by atoms with E-state index in [1.165, 1.54) is 11.3 Å². The van der Waals surface area contributed by atoms with Gasteiger partial charge in [0.15, 0.2) is 5.13 Å². The van der Waals surface area contributed by atoms with Crippen LogP contribution in [0, 0.1) is 0 Å².